The molecule has 0 radical (unpaired) electrons. The molecule has 0 fully saturated rings. The van der Waals surface area contributed by atoms with Gasteiger partial charge in [-0.15, -0.1) is 0 Å². The Balaban J connectivity index is 2.47. The van der Waals surface area contributed by atoms with Crippen molar-refractivity contribution in [2.75, 3.05) is 0 Å². The zero-order valence-corrected chi connectivity index (χ0v) is 8.79. The first-order valence-corrected chi connectivity index (χ1v) is 5.42. The number of aromatic nitrogens is 2. The van der Waals surface area contributed by atoms with Gasteiger partial charge in [0.2, 0.25) is 6.33 Å². The summed E-state index contributed by atoms with van der Waals surface area (Å²) in [5.41, 5.74) is 0. The molecule has 0 aliphatic rings. The lowest BCUT2D eigenvalue weighted by atomic mass is 10.1. The highest BCUT2D eigenvalue weighted by molar-refractivity contribution is 4.60. The van der Waals surface area contributed by atoms with Crippen molar-refractivity contribution >= 4 is 0 Å². The van der Waals surface area contributed by atoms with Crippen LogP contribution in [-0.2, 0) is 0 Å². The van der Waals surface area contributed by atoms with E-state index >= 15 is 0 Å². The summed E-state index contributed by atoms with van der Waals surface area (Å²) in [7, 11) is 0. The van der Waals surface area contributed by atoms with Gasteiger partial charge in [0.05, 0.1) is 0 Å². The predicted octanol–water partition coefficient (Wildman–Crippen LogP) is 2.83. The first-order valence-electron chi connectivity index (χ1n) is 5.42. The van der Waals surface area contributed by atoms with E-state index in [0.717, 1.165) is 0 Å². The number of unbranched alkanes of at least 4 members (excludes halogenated alkanes) is 1. The van der Waals surface area contributed by atoms with Crippen LogP contribution in [-0.4, -0.2) is 4.98 Å². The number of nitrogens with one attached hydrogen (secondary N) is 1. The van der Waals surface area contributed by atoms with Gasteiger partial charge in [0.15, 0.2) is 0 Å². The number of nitrogens with zero attached hydrogens (tertiary/aromatic N) is 1. The first-order chi connectivity index (χ1) is 6.38. The van der Waals surface area contributed by atoms with Crippen molar-refractivity contribution in [2.24, 2.45) is 0 Å². The van der Waals surface area contributed by atoms with Crippen LogP contribution in [0.15, 0.2) is 18.7 Å². The molecular weight excluding hydrogens is 160 g/mol. The minimum Gasteiger partial charge on any atom is -0.250 e. The molecule has 2 heteroatoms. The third-order valence-corrected chi connectivity index (χ3v) is 2.50. The molecule has 13 heavy (non-hydrogen) atoms. The van der Waals surface area contributed by atoms with E-state index in [2.05, 4.69) is 35.9 Å². The Kier molecular flexibility index (Phi) is 4.58. The second-order valence-electron chi connectivity index (χ2n) is 3.64. The number of hydrogen-bond acceptors (Lipinski definition) is 0. The van der Waals surface area contributed by atoms with Crippen LogP contribution >= 0.6 is 0 Å². The van der Waals surface area contributed by atoms with Gasteiger partial charge in [0, 0.05) is 0 Å². The van der Waals surface area contributed by atoms with Crippen molar-refractivity contribution in [2.45, 2.75) is 52.0 Å². The van der Waals surface area contributed by atoms with Crippen LogP contribution in [0.25, 0.3) is 0 Å². The summed E-state index contributed by atoms with van der Waals surface area (Å²) < 4.78 is 2.30. The quantitative estimate of drug-likeness (QED) is 0.651. The first kappa shape index (κ1) is 10.3. The zero-order chi connectivity index (χ0) is 9.52. The summed E-state index contributed by atoms with van der Waals surface area (Å²) in [4.78, 5) is 3.11. The van der Waals surface area contributed by atoms with Crippen LogP contribution < -0.4 is 4.57 Å². The second-order valence-corrected chi connectivity index (χ2v) is 3.64. The molecule has 0 aliphatic heterocycles. The van der Waals surface area contributed by atoms with E-state index in [1.54, 1.807) is 0 Å². The molecule has 1 aromatic heterocycles. The molecule has 74 valence electrons. The highest BCUT2D eigenvalue weighted by atomic mass is 15.0. The maximum atomic E-state index is 3.11. The number of hydrogen-bond donors (Lipinski definition) is 1. The Morgan fingerprint density at radius 3 is 2.62 bits per heavy atom. The van der Waals surface area contributed by atoms with Crippen molar-refractivity contribution in [1.29, 1.82) is 0 Å². The van der Waals surface area contributed by atoms with Gasteiger partial charge >= 0.3 is 0 Å². The number of imidazole rings is 1. The maximum Gasteiger partial charge on any atom is 0.241 e. The zero-order valence-electron chi connectivity index (χ0n) is 8.79. The van der Waals surface area contributed by atoms with Gasteiger partial charge in [-0.2, -0.15) is 0 Å². The van der Waals surface area contributed by atoms with Gasteiger partial charge in [-0.3, -0.25) is 4.98 Å². The maximum absolute atomic E-state index is 3.11. The van der Waals surface area contributed by atoms with Gasteiger partial charge in [-0.25, -0.2) is 4.57 Å². The van der Waals surface area contributed by atoms with E-state index in [0.29, 0.717) is 6.04 Å². The van der Waals surface area contributed by atoms with Gasteiger partial charge in [-0.05, 0) is 19.3 Å². The van der Waals surface area contributed by atoms with Crippen molar-refractivity contribution < 1.29 is 4.57 Å². The number of rotatable bonds is 6. The molecule has 0 aliphatic carbocycles. The lowest BCUT2D eigenvalue weighted by Crippen LogP contribution is -2.36. The summed E-state index contributed by atoms with van der Waals surface area (Å²) in [6.45, 7) is 4.51. The van der Waals surface area contributed by atoms with E-state index in [1.807, 2.05) is 6.20 Å². The van der Waals surface area contributed by atoms with Gasteiger partial charge in [0.1, 0.15) is 18.4 Å². The Morgan fingerprint density at radius 2 is 2.08 bits per heavy atom. The minimum absolute atomic E-state index is 0.705. The third-order valence-electron chi connectivity index (χ3n) is 2.50. The molecule has 0 saturated heterocycles. The van der Waals surface area contributed by atoms with Gasteiger partial charge in [-0.1, -0.05) is 26.7 Å². The second kappa shape index (κ2) is 5.79. The van der Waals surface area contributed by atoms with Gasteiger partial charge < -0.3 is 0 Å². The SMILES string of the molecule is CCCCC(CCC)[n+]1cc[nH]c1. The summed E-state index contributed by atoms with van der Waals surface area (Å²) in [5, 5.41) is 0. The monoisotopic (exact) mass is 181 g/mol. The molecule has 1 heterocycles. The normalized spacial score (nSPS) is 13.1. The molecule has 0 spiro atoms. The predicted molar refractivity (Wildman–Crippen MR) is 54.5 cm³/mol. The van der Waals surface area contributed by atoms with Crippen LogP contribution in [0, 0.1) is 0 Å². The van der Waals surface area contributed by atoms with Crippen LogP contribution in [0.5, 0.6) is 0 Å². The fourth-order valence-electron chi connectivity index (χ4n) is 1.74. The van der Waals surface area contributed by atoms with Crippen LogP contribution in [0.2, 0.25) is 0 Å². The van der Waals surface area contributed by atoms with Crippen molar-refractivity contribution in [3.63, 3.8) is 0 Å². The molecule has 0 bridgehead atoms. The average Bonchev–Trinajstić information content (AvgIpc) is 2.65. The average molecular weight is 181 g/mol. The minimum atomic E-state index is 0.705. The summed E-state index contributed by atoms with van der Waals surface area (Å²) in [5.74, 6) is 0. The molecule has 0 aromatic carbocycles. The van der Waals surface area contributed by atoms with Gasteiger partial charge in [0.25, 0.3) is 0 Å². The van der Waals surface area contributed by atoms with Crippen molar-refractivity contribution in [1.82, 2.24) is 4.98 Å². The largest absolute Gasteiger partial charge is 0.250 e. The summed E-state index contributed by atoms with van der Waals surface area (Å²) >= 11 is 0. The Bertz CT molecular complexity index is 204. The fourth-order valence-corrected chi connectivity index (χ4v) is 1.74. The Morgan fingerprint density at radius 1 is 1.23 bits per heavy atom. The van der Waals surface area contributed by atoms with Crippen LogP contribution in [0.4, 0.5) is 0 Å². The van der Waals surface area contributed by atoms with E-state index in [4.69, 9.17) is 0 Å². The van der Waals surface area contributed by atoms with Crippen LogP contribution in [0.1, 0.15) is 52.0 Å². The molecule has 1 unspecified atom stereocenters. The molecular formula is C11H21N2+. The molecule has 0 amide bonds. The molecule has 1 N–H and O–H groups in total. The lowest BCUT2D eigenvalue weighted by molar-refractivity contribution is -0.723. The number of H-pyrrole nitrogens is 1. The summed E-state index contributed by atoms with van der Waals surface area (Å²) in [6.07, 6.45) is 12.7. The van der Waals surface area contributed by atoms with Crippen molar-refractivity contribution in [3.8, 4) is 0 Å². The topological polar surface area (TPSA) is 19.7 Å². The summed E-state index contributed by atoms with van der Waals surface area (Å²) in [6, 6.07) is 0.705. The lowest BCUT2D eigenvalue weighted by Gasteiger charge is -2.11. The third kappa shape index (κ3) is 3.21. The molecule has 1 rings (SSSR count). The molecule has 0 saturated carbocycles. The van der Waals surface area contributed by atoms with E-state index in [-0.39, 0.29) is 0 Å². The Hall–Kier alpha value is -0.790. The smallest absolute Gasteiger partial charge is 0.241 e. The fraction of sp³-hybridized carbons (Fsp3) is 0.727. The number of aromatic amines is 1. The highest BCUT2D eigenvalue weighted by Crippen LogP contribution is 2.13. The van der Waals surface area contributed by atoms with E-state index in [9.17, 15) is 0 Å². The molecule has 2 nitrogen and oxygen atoms in total. The molecule has 1 atom stereocenters. The van der Waals surface area contributed by atoms with Crippen molar-refractivity contribution in [3.05, 3.63) is 18.7 Å². The van der Waals surface area contributed by atoms with E-state index in [1.165, 1.54) is 32.1 Å². The van der Waals surface area contributed by atoms with E-state index < -0.39 is 0 Å². The van der Waals surface area contributed by atoms with Crippen LogP contribution in [0.3, 0.4) is 0 Å². The highest BCUT2D eigenvalue weighted by Gasteiger charge is 2.12. The molecule has 1 aromatic rings. The Labute approximate surface area is 81.0 Å². The standard InChI is InChI=1S/C11H20N2/c1-3-5-7-11(6-4-2)13-9-8-12-10-13/h8-11H,3-7H2,1-2H3/p+1.